The van der Waals surface area contributed by atoms with Crippen LogP contribution in [0.1, 0.15) is 5.69 Å². The van der Waals surface area contributed by atoms with E-state index in [1.165, 1.54) is 12.1 Å². The van der Waals surface area contributed by atoms with Crippen LogP contribution in [0, 0.1) is 5.82 Å². The largest absolute Gasteiger partial charge is 0.459 e. The summed E-state index contributed by atoms with van der Waals surface area (Å²) in [4.78, 5) is 3.94. The molecule has 3 aromatic rings. The van der Waals surface area contributed by atoms with Gasteiger partial charge in [-0.25, -0.2) is 13.9 Å². The van der Waals surface area contributed by atoms with Crippen LogP contribution >= 0.6 is 11.6 Å². The molecule has 0 saturated heterocycles. The van der Waals surface area contributed by atoms with Gasteiger partial charge < -0.3 is 0 Å². The zero-order valence-electron chi connectivity index (χ0n) is 11.5. The molecular formula is C14H6ClF6N3. The van der Waals surface area contributed by atoms with Crippen LogP contribution in [0.25, 0.3) is 16.9 Å². The standard InChI is InChI=1S/C14H6ClF6N3/c15-9-6-22-24-11(13(17,18)14(19,20)21)5-10(23-12(9)24)7-1-3-8(16)4-2-7/h1-6H. The summed E-state index contributed by atoms with van der Waals surface area (Å²) in [7, 11) is 0. The van der Waals surface area contributed by atoms with E-state index in [-0.39, 0.29) is 21.9 Å². The zero-order valence-corrected chi connectivity index (χ0v) is 12.2. The molecule has 24 heavy (non-hydrogen) atoms. The second-order valence-corrected chi connectivity index (χ2v) is 5.24. The molecule has 0 saturated carbocycles. The van der Waals surface area contributed by atoms with Gasteiger partial charge in [-0.1, -0.05) is 11.6 Å². The molecule has 0 atom stereocenters. The Morgan fingerprint density at radius 2 is 1.62 bits per heavy atom. The number of hydrogen-bond acceptors (Lipinski definition) is 2. The quantitative estimate of drug-likeness (QED) is 0.608. The van der Waals surface area contributed by atoms with E-state index in [1.54, 1.807) is 0 Å². The van der Waals surface area contributed by atoms with Crippen LogP contribution in [0.5, 0.6) is 0 Å². The molecule has 1 aromatic carbocycles. The van der Waals surface area contributed by atoms with Gasteiger partial charge in [-0.3, -0.25) is 0 Å². The molecule has 0 radical (unpaired) electrons. The first-order valence-electron chi connectivity index (χ1n) is 6.36. The summed E-state index contributed by atoms with van der Waals surface area (Å²) in [5.74, 6) is -5.78. The van der Waals surface area contributed by atoms with Gasteiger partial charge in [-0.05, 0) is 30.3 Å². The molecule has 10 heteroatoms. The summed E-state index contributed by atoms with van der Waals surface area (Å²) in [6, 6.07) is 5.01. The van der Waals surface area contributed by atoms with Crippen molar-refractivity contribution in [3.05, 3.63) is 53.1 Å². The first-order chi connectivity index (χ1) is 11.1. The molecule has 0 bridgehead atoms. The van der Waals surface area contributed by atoms with Crippen molar-refractivity contribution in [2.24, 2.45) is 0 Å². The SMILES string of the molecule is Fc1ccc(-c2cc(C(F)(F)C(F)(F)F)n3ncc(Cl)c3n2)cc1. The lowest BCUT2D eigenvalue weighted by Crippen LogP contribution is -2.35. The van der Waals surface area contributed by atoms with Gasteiger partial charge in [0.1, 0.15) is 16.5 Å². The molecule has 0 spiro atoms. The molecule has 0 aliphatic rings. The van der Waals surface area contributed by atoms with Crippen molar-refractivity contribution in [2.75, 3.05) is 0 Å². The van der Waals surface area contributed by atoms with Crippen LogP contribution in [0.4, 0.5) is 26.3 Å². The lowest BCUT2D eigenvalue weighted by Gasteiger charge is -2.21. The van der Waals surface area contributed by atoms with E-state index in [2.05, 4.69) is 10.1 Å². The Morgan fingerprint density at radius 3 is 2.21 bits per heavy atom. The molecule has 0 fully saturated rings. The number of nitrogens with zero attached hydrogens (tertiary/aromatic N) is 3. The zero-order chi connectivity index (χ0) is 17.7. The summed E-state index contributed by atoms with van der Waals surface area (Å²) < 4.78 is 79.2. The predicted molar refractivity (Wildman–Crippen MR) is 73.3 cm³/mol. The van der Waals surface area contributed by atoms with Crippen LogP contribution in [0.3, 0.4) is 0 Å². The maximum atomic E-state index is 13.8. The van der Waals surface area contributed by atoms with E-state index in [4.69, 9.17) is 11.6 Å². The van der Waals surface area contributed by atoms with Crippen molar-refractivity contribution in [3.63, 3.8) is 0 Å². The molecule has 126 valence electrons. The van der Waals surface area contributed by atoms with Gasteiger partial charge in [-0.2, -0.15) is 27.1 Å². The fraction of sp³-hybridized carbons (Fsp3) is 0.143. The Hall–Kier alpha value is -2.29. The molecule has 3 rings (SSSR count). The van der Waals surface area contributed by atoms with E-state index < -0.39 is 23.6 Å². The molecule has 3 nitrogen and oxygen atoms in total. The Labute approximate surface area is 135 Å². The summed E-state index contributed by atoms with van der Waals surface area (Å²) in [5, 5.41) is 3.23. The second-order valence-electron chi connectivity index (χ2n) is 4.83. The van der Waals surface area contributed by atoms with Crippen molar-refractivity contribution in [3.8, 4) is 11.3 Å². The highest BCUT2D eigenvalue weighted by atomic mass is 35.5. The number of alkyl halides is 5. The third kappa shape index (κ3) is 2.58. The minimum absolute atomic E-state index is 0.149. The first-order valence-corrected chi connectivity index (χ1v) is 6.74. The molecule has 2 heterocycles. The lowest BCUT2D eigenvalue weighted by molar-refractivity contribution is -0.291. The second kappa shape index (κ2) is 5.37. The number of fused-ring (bicyclic) bond motifs is 1. The molecule has 0 N–H and O–H groups in total. The van der Waals surface area contributed by atoms with Gasteiger partial charge in [0.25, 0.3) is 0 Å². The Balaban J connectivity index is 2.31. The smallest absolute Gasteiger partial charge is 0.227 e. The highest BCUT2D eigenvalue weighted by Crippen LogP contribution is 2.44. The Bertz CT molecular complexity index is 901. The van der Waals surface area contributed by atoms with Crippen molar-refractivity contribution in [2.45, 2.75) is 12.1 Å². The third-order valence-corrected chi connectivity index (χ3v) is 3.51. The number of hydrogen-bond donors (Lipinski definition) is 0. The topological polar surface area (TPSA) is 30.2 Å². The molecule has 0 aliphatic carbocycles. The lowest BCUT2D eigenvalue weighted by atomic mass is 10.1. The average molecular weight is 366 g/mol. The van der Waals surface area contributed by atoms with Crippen LogP contribution in [-0.4, -0.2) is 20.8 Å². The van der Waals surface area contributed by atoms with Crippen molar-refractivity contribution in [1.29, 1.82) is 0 Å². The normalized spacial score (nSPS) is 12.8. The van der Waals surface area contributed by atoms with E-state index in [0.29, 0.717) is 10.6 Å². The summed E-state index contributed by atoms with van der Waals surface area (Å²) in [6.45, 7) is 0. The van der Waals surface area contributed by atoms with Gasteiger partial charge in [0.15, 0.2) is 5.65 Å². The molecule has 0 unspecified atom stereocenters. The van der Waals surface area contributed by atoms with Crippen LogP contribution in [0.15, 0.2) is 36.5 Å². The van der Waals surface area contributed by atoms with Gasteiger partial charge in [0, 0.05) is 5.56 Å². The van der Waals surface area contributed by atoms with Gasteiger partial charge in [0.05, 0.1) is 11.9 Å². The monoisotopic (exact) mass is 365 g/mol. The van der Waals surface area contributed by atoms with Gasteiger partial charge in [-0.15, -0.1) is 0 Å². The summed E-state index contributed by atoms with van der Waals surface area (Å²) >= 11 is 5.76. The predicted octanol–water partition coefficient (Wildman–Crippen LogP) is 4.84. The third-order valence-electron chi connectivity index (χ3n) is 3.25. The van der Waals surface area contributed by atoms with Crippen LogP contribution in [0.2, 0.25) is 5.02 Å². The van der Waals surface area contributed by atoms with E-state index in [0.717, 1.165) is 18.3 Å². The summed E-state index contributed by atoms with van der Waals surface area (Å²) in [6.07, 6.45) is -4.92. The van der Waals surface area contributed by atoms with Gasteiger partial charge in [0.2, 0.25) is 0 Å². The van der Waals surface area contributed by atoms with Crippen LogP contribution in [-0.2, 0) is 5.92 Å². The number of aromatic nitrogens is 3. The molecule has 0 amide bonds. The van der Waals surface area contributed by atoms with Gasteiger partial charge >= 0.3 is 12.1 Å². The fourth-order valence-corrected chi connectivity index (χ4v) is 2.24. The van der Waals surface area contributed by atoms with E-state index >= 15 is 0 Å². The van der Waals surface area contributed by atoms with Crippen LogP contribution < -0.4 is 0 Å². The number of benzene rings is 1. The van der Waals surface area contributed by atoms with Crippen molar-refractivity contribution < 1.29 is 26.3 Å². The average Bonchev–Trinajstić information content (AvgIpc) is 2.87. The maximum absolute atomic E-state index is 13.8. The molecular weight excluding hydrogens is 360 g/mol. The Kier molecular flexibility index (Phi) is 3.71. The Morgan fingerprint density at radius 1 is 1.00 bits per heavy atom. The number of rotatable bonds is 2. The summed E-state index contributed by atoms with van der Waals surface area (Å²) in [5.41, 5.74) is -1.87. The van der Waals surface area contributed by atoms with Crippen molar-refractivity contribution >= 4 is 17.2 Å². The minimum Gasteiger partial charge on any atom is -0.227 e. The maximum Gasteiger partial charge on any atom is 0.459 e. The first kappa shape index (κ1) is 16.6. The van der Waals surface area contributed by atoms with E-state index in [1.807, 2.05) is 0 Å². The number of halogens is 7. The van der Waals surface area contributed by atoms with E-state index in [9.17, 15) is 26.3 Å². The fourth-order valence-electron chi connectivity index (χ4n) is 2.07. The minimum atomic E-state index is -5.83. The molecule has 2 aromatic heterocycles. The highest BCUT2D eigenvalue weighted by Gasteiger charge is 2.60. The highest BCUT2D eigenvalue weighted by molar-refractivity contribution is 6.33. The van der Waals surface area contributed by atoms with Crippen molar-refractivity contribution in [1.82, 2.24) is 14.6 Å². The molecule has 0 aliphatic heterocycles.